The highest BCUT2D eigenvalue weighted by atomic mass is 19.1. The maximum atomic E-state index is 13.7. The molecule has 1 atom stereocenters. The number of nitrogens with one attached hydrogen (secondary N) is 1. The highest BCUT2D eigenvalue weighted by Crippen LogP contribution is 2.43. The third kappa shape index (κ3) is 3.67. The summed E-state index contributed by atoms with van der Waals surface area (Å²) in [4.78, 5) is 35.3. The van der Waals surface area contributed by atoms with Crippen molar-refractivity contribution in [2.24, 2.45) is 0 Å². The number of aliphatic hydroxyl groups excluding tert-OH is 1. The number of nitrogens with zero attached hydrogens (tertiary/aromatic N) is 2. The molecule has 1 saturated heterocycles. The summed E-state index contributed by atoms with van der Waals surface area (Å²) in [6.45, 7) is 0. The highest BCUT2D eigenvalue weighted by molar-refractivity contribution is 6.51. The molecule has 5 rings (SSSR count). The molecule has 35 heavy (non-hydrogen) atoms. The molecule has 0 spiro atoms. The summed E-state index contributed by atoms with van der Waals surface area (Å²) in [5.41, 5.74) is 1.65. The van der Waals surface area contributed by atoms with E-state index in [2.05, 4.69) is 9.97 Å². The van der Waals surface area contributed by atoms with Crippen molar-refractivity contribution in [2.75, 3.05) is 19.1 Å². The number of carbonyl (C=O) groups is 2. The first kappa shape index (κ1) is 22.1. The van der Waals surface area contributed by atoms with Crippen LogP contribution in [-0.2, 0) is 9.59 Å². The predicted octanol–water partition coefficient (Wildman–Crippen LogP) is 4.35. The first-order valence-corrected chi connectivity index (χ1v) is 10.7. The van der Waals surface area contributed by atoms with Crippen molar-refractivity contribution in [1.82, 2.24) is 9.97 Å². The van der Waals surface area contributed by atoms with Gasteiger partial charge in [-0.15, -0.1) is 0 Å². The molecule has 1 aliphatic rings. The fraction of sp³-hybridized carbons (Fsp3) is 0.115. The first-order valence-electron chi connectivity index (χ1n) is 10.7. The molecule has 1 amide bonds. The van der Waals surface area contributed by atoms with Crippen molar-refractivity contribution in [2.45, 2.75) is 6.04 Å². The summed E-state index contributed by atoms with van der Waals surface area (Å²) in [5.74, 6) is -1.92. The Kier molecular flexibility index (Phi) is 5.44. The van der Waals surface area contributed by atoms with Gasteiger partial charge in [-0.3, -0.25) is 14.5 Å². The maximum Gasteiger partial charge on any atom is 0.302 e. The van der Waals surface area contributed by atoms with Crippen LogP contribution in [0.2, 0.25) is 0 Å². The minimum Gasteiger partial charge on any atom is -0.507 e. The van der Waals surface area contributed by atoms with Crippen LogP contribution in [0.25, 0.3) is 16.8 Å². The number of rotatable bonds is 5. The third-order valence-corrected chi connectivity index (χ3v) is 5.90. The Balaban J connectivity index is 1.76. The van der Waals surface area contributed by atoms with Crippen molar-refractivity contribution in [1.29, 1.82) is 0 Å². The van der Waals surface area contributed by atoms with Crippen LogP contribution in [0.4, 0.5) is 10.3 Å². The van der Waals surface area contributed by atoms with Gasteiger partial charge in [0.15, 0.2) is 0 Å². The van der Waals surface area contributed by atoms with Gasteiger partial charge in [-0.05, 0) is 48.0 Å². The zero-order valence-corrected chi connectivity index (χ0v) is 18.8. The lowest BCUT2D eigenvalue weighted by Crippen LogP contribution is -2.30. The van der Waals surface area contributed by atoms with Gasteiger partial charge in [-0.2, -0.15) is 0 Å². The molecule has 8 nitrogen and oxygen atoms in total. The van der Waals surface area contributed by atoms with Gasteiger partial charge < -0.3 is 19.6 Å². The Morgan fingerprint density at radius 1 is 1.03 bits per heavy atom. The van der Waals surface area contributed by atoms with E-state index in [0.29, 0.717) is 22.3 Å². The quantitative estimate of drug-likeness (QED) is 0.254. The van der Waals surface area contributed by atoms with E-state index in [-0.39, 0.29) is 22.8 Å². The normalized spacial score (nSPS) is 17.2. The number of imidazole rings is 1. The molecule has 2 N–H and O–H groups in total. The number of aromatic amines is 1. The minimum atomic E-state index is -1.08. The topological polar surface area (TPSA) is 105 Å². The lowest BCUT2D eigenvalue weighted by Gasteiger charge is -2.23. The van der Waals surface area contributed by atoms with E-state index in [1.54, 1.807) is 30.3 Å². The summed E-state index contributed by atoms with van der Waals surface area (Å²) in [5, 5.41) is 11.4. The van der Waals surface area contributed by atoms with Crippen LogP contribution >= 0.6 is 0 Å². The predicted molar refractivity (Wildman–Crippen MR) is 127 cm³/mol. The number of hydrogen-bond donors (Lipinski definition) is 2. The number of carbonyl (C=O) groups excluding carboxylic acids is 2. The molecule has 0 radical (unpaired) electrons. The Labute approximate surface area is 199 Å². The van der Waals surface area contributed by atoms with Crippen molar-refractivity contribution in [3.8, 4) is 11.5 Å². The molecule has 3 aromatic carbocycles. The number of para-hydroxylation sites is 2. The van der Waals surface area contributed by atoms with Crippen molar-refractivity contribution in [3.63, 3.8) is 0 Å². The average Bonchev–Trinajstić information content (AvgIpc) is 3.42. The SMILES string of the molecule is COc1ccc(OC)c(/C(O)=C2\C(=O)C(=O)N(c3nc4ccccc4[nH]3)C2c2ccc(F)cc2)c1. The summed E-state index contributed by atoms with van der Waals surface area (Å²) >= 11 is 0. The van der Waals surface area contributed by atoms with Gasteiger partial charge in [0, 0.05) is 0 Å². The molecule has 2 heterocycles. The van der Waals surface area contributed by atoms with E-state index < -0.39 is 29.3 Å². The molecule has 0 aliphatic carbocycles. The van der Waals surface area contributed by atoms with E-state index in [1.165, 1.54) is 49.5 Å². The van der Waals surface area contributed by atoms with Crippen molar-refractivity contribution < 1.29 is 28.6 Å². The number of aromatic nitrogens is 2. The summed E-state index contributed by atoms with van der Waals surface area (Å²) in [6.07, 6.45) is 0. The number of methoxy groups -OCH3 is 2. The second-order valence-corrected chi connectivity index (χ2v) is 7.86. The number of Topliss-reactive ketones (excluding diaryl/α,β-unsaturated/α-hetero) is 1. The van der Waals surface area contributed by atoms with Crippen LogP contribution < -0.4 is 14.4 Å². The number of amides is 1. The number of halogens is 1. The van der Waals surface area contributed by atoms with Crippen LogP contribution in [-0.4, -0.2) is 41.0 Å². The van der Waals surface area contributed by atoms with Gasteiger partial charge in [0.05, 0.1) is 42.4 Å². The molecule has 1 aromatic heterocycles. The first-order chi connectivity index (χ1) is 16.9. The number of fused-ring (bicyclic) bond motifs is 1. The van der Waals surface area contributed by atoms with Crippen LogP contribution in [0.15, 0.2) is 72.3 Å². The lowest BCUT2D eigenvalue weighted by molar-refractivity contribution is -0.132. The molecule has 0 bridgehead atoms. The van der Waals surface area contributed by atoms with Crippen LogP contribution in [0.1, 0.15) is 17.2 Å². The van der Waals surface area contributed by atoms with Gasteiger partial charge in [0.1, 0.15) is 23.1 Å². The molecule has 1 aliphatic heterocycles. The fourth-order valence-corrected chi connectivity index (χ4v) is 4.21. The van der Waals surface area contributed by atoms with E-state index in [4.69, 9.17) is 9.47 Å². The van der Waals surface area contributed by atoms with Gasteiger partial charge in [0.2, 0.25) is 5.95 Å². The molecule has 0 saturated carbocycles. The van der Waals surface area contributed by atoms with E-state index >= 15 is 0 Å². The number of benzene rings is 3. The van der Waals surface area contributed by atoms with Crippen LogP contribution in [0, 0.1) is 5.82 Å². The van der Waals surface area contributed by atoms with Gasteiger partial charge >= 0.3 is 5.91 Å². The van der Waals surface area contributed by atoms with Crippen molar-refractivity contribution >= 4 is 34.4 Å². The highest BCUT2D eigenvalue weighted by Gasteiger charge is 2.48. The van der Waals surface area contributed by atoms with Gasteiger partial charge in [0.25, 0.3) is 5.78 Å². The number of H-pyrrole nitrogens is 1. The van der Waals surface area contributed by atoms with Gasteiger partial charge in [-0.1, -0.05) is 24.3 Å². The minimum absolute atomic E-state index is 0.124. The fourth-order valence-electron chi connectivity index (χ4n) is 4.21. The maximum absolute atomic E-state index is 13.7. The summed E-state index contributed by atoms with van der Waals surface area (Å²) < 4.78 is 24.4. The number of aliphatic hydroxyl groups is 1. The molecule has 4 aromatic rings. The number of anilines is 1. The Morgan fingerprint density at radius 2 is 1.77 bits per heavy atom. The third-order valence-electron chi connectivity index (χ3n) is 5.90. The zero-order chi connectivity index (χ0) is 24.7. The van der Waals surface area contributed by atoms with Crippen molar-refractivity contribution in [3.05, 3.63) is 89.2 Å². The Hall–Kier alpha value is -4.66. The Bertz CT molecular complexity index is 1460. The summed E-state index contributed by atoms with van der Waals surface area (Å²) in [7, 11) is 2.88. The molecule has 9 heteroatoms. The number of ketones is 1. The molecular formula is C26H20FN3O5. The zero-order valence-electron chi connectivity index (χ0n) is 18.8. The average molecular weight is 473 g/mol. The van der Waals surface area contributed by atoms with Crippen LogP contribution in [0.3, 0.4) is 0 Å². The van der Waals surface area contributed by atoms with E-state index in [0.717, 1.165) is 0 Å². The van der Waals surface area contributed by atoms with E-state index in [9.17, 15) is 19.1 Å². The van der Waals surface area contributed by atoms with Gasteiger partial charge in [-0.25, -0.2) is 9.37 Å². The lowest BCUT2D eigenvalue weighted by atomic mass is 9.95. The second-order valence-electron chi connectivity index (χ2n) is 7.86. The Morgan fingerprint density at radius 3 is 2.46 bits per heavy atom. The smallest absolute Gasteiger partial charge is 0.302 e. The van der Waals surface area contributed by atoms with Crippen LogP contribution in [0.5, 0.6) is 11.5 Å². The van der Waals surface area contributed by atoms with E-state index in [1.807, 2.05) is 6.07 Å². The molecule has 1 unspecified atom stereocenters. The largest absolute Gasteiger partial charge is 0.507 e. The number of hydrogen-bond acceptors (Lipinski definition) is 6. The molecule has 1 fully saturated rings. The summed E-state index contributed by atoms with van der Waals surface area (Å²) in [6, 6.07) is 16.2. The standard InChI is InChI=1S/C26H20FN3O5/c1-34-16-11-12-20(35-2)17(13-16)23(31)21-22(14-7-9-15(27)10-8-14)30(25(33)24(21)32)26-28-18-5-3-4-6-19(18)29-26/h3-13,22,31H,1-2H3,(H,28,29)/b23-21+. The molecule has 176 valence electrons. The monoisotopic (exact) mass is 473 g/mol. The molecular weight excluding hydrogens is 453 g/mol. The number of ether oxygens (including phenoxy) is 2. The second kappa shape index (κ2) is 8.60.